The molecule has 2 aromatic rings. The number of hydrogen-bond donors (Lipinski definition) is 2. The number of hydrogen-bond acceptors (Lipinski definition) is 6. The monoisotopic (exact) mass is 446 g/mol. The SMILES string of the molecule is CCOc1cc(C(=O)Nc2sc3c(c2C(N)=O)CC[C@H](C)C3)cc(OCC)c1OCC. The van der Waals surface area contributed by atoms with Gasteiger partial charge in [-0.3, -0.25) is 9.59 Å². The summed E-state index contributed by atoms with van der Waals surface area (Å²) in [5.74, 6) is 1.02. The van der Waals surface area contributed by atoms with E-state index < -0.39 is 5.91 Å². The van der Waals surface area contributed by atoms with Crippen molar-refractivity contribution in [3.63, 3.8) is 0 Å². The van der Waals surface area contributed by atoms with E-state index >= 15 is 0 Å². The summed E-state index contributed by atoms with van der Waals surface area (Å²) in [5.41, 5.74) is 7.43. The minimum Gasteiger partial charge on any atom is -0.490 e. The van der Waals surface area contributed by atoms with Gasteiger partial charge in [0.15, 0.2) is 11.5 Å². The highest BCUT2D eigenvalue weighted by molar-refractivity contribution is 7.17. The Morgan fingerprint density at radius 2 is 1.71 bits per heavy atom. The lowest BCUT2D eigenvalue weighted by Gasteiger charge is -2.18. The third-order valence-electron chi connectivity index (χ3n) is 5.16. The fourth-order valence-electron chi connectivity index (χ4n) is 3.79. The molecule has 2 amide bonds. The van der Waals surface area contributed by atoms with Gasteiger partial charge in [0, 0.05) is 10.4 Å². The molecule has 0 unspecified atom stereocenters. The van der Waals surface area contributed by atoms with Crippen molar-refractivity contribution >= 4 is 28.2 Å². The molecule has 0 aliphatic heterocycles. The van der Waals surface area contributed by atoms with E-state index in [0.717, 1.165) is 29.7 Å². The molecule has 31 heavy (non-hydrogen) atoms. The van der Waals surface area contributed by atoms with Crippen LogP contribution in [-0.4, -0.2) is 31.6 Å². The second-order valence-electron chi connectivity index (χ2n) is 7.47. The van der Waals surface area contributed by atoms with E-state index in [9.17, 15) is 9.59 Å². The predicted molar refractivity (Wildman–Crippen MR) is 122 cm³/mol. The Morgan fingerprint density at radius 1 is 1.10 bits per heavy atom. The Hall–Kier alpha value is -2.74. The van der Waals surface area contributed by atoms with E-state index in [1.54, 1.807) is 12.1 Å². The third-order valence-corrected chi connectivity index (χ3v) is 6.33. The Bertz CT molecular complexity index is 942. The van der Waals surface area contributed by atoms with Crippen LogP contribution in [0.1, 0.15) is 65.3 Å². The summed E-state index contributed by atoms with van der Waals surface area (Å²) in [5, 5.41) is 3.40. The van der Waals surface area contributed by atoms with Crippen molar-refractivity contribution in [3.8, 4) is 17.2 Å². The summed E-state index contributed by atoms with van der Waals surface area (Å²) < 4.78 is 17.1. The van der Waals surface area contributed by atoms with Gasteiger partial charge in [0.05, 0.1) is 25.4 Å². The molecule has 0 saturated carbocycles. The van der Waals surface area contributed by atoms with E-state index in [1.165, 1.54) is 11.3 Å². The van der Waals surface area contributed by atoms with E-state index in [2.05, 4.69) is 12.2 Å². The van der Waals surface area contributed by atoms with Gasteiger partial charge in [0.2, 0.25) is 5.75 Å². The predicted octanol–water partition coefficient (Wildman–Crippen LogP) is 4.42. The third kappa shape index (κ3) is 4.95. The zero-order chi connectivity index (χ0) is 22.5. The summed E-state index contributed by atoms with van der Waals surface area (Å²) in [6.45, 7) is 9.05. The van der Waals surface area contributed by atoms with Crippen LogP contribution in [0.5, 0.6) is 17.2 Å². The quantitative estimate of drug-likeness (QED) is 0.594. The van der Waals surface area contributed by atoms with Crippen molar-refractivity contribution in [2.75, 3.05) is 25.1 Å². The van der Waals surface area contributed by atoms with Gasteiger partial charge < -0.3 is 25.3 Å². The highest BCUT2D eigenvalue weighted by Crippen LogP contribution is 2.41. The van der Waals surface area contributed by atoms with Crippen molar-refractivity contribution in [2.24, 2.45) is 11.7 Å². The van der Waals surface area contributed by atoms with Crippen LogP contribution in [0.3, 0.4) is 0 Å². The summed E-state index contributed by atoms with van der Waals surface area (Å²) in [6, 6.07) is 3.26. The van der Waals surface area contributed by atoms with Crippen LogP contribution in [0.25, 0.3) is 0 Å². The Morgan fingerprint density at radius 3 is 2.26 bits per heavy atom. The van der Waals surface area contributed by atoms with Gasteiger partial charge in [-0.15, -0.1) is 11.3 Å². The number of nitrogens with two attached hydrogens (primary N) is 1. The highest BCUT2D eigenvalue weighted by Gasteiger charge is 2.28. The lowest BCUT2D eigenvalue weighted by Crippen LogP contribution is -2.19. The molecule has 1 aliphatic rings. The van der Waals surface area contributed by atoms with Crippen LogP contribution < -0.4 is 25.3 Å². The van der Waals surface area contributed by atoms with Crippen molar-refractivity contribution in [1.29, 1.82) is 0 Å². The van der Waals surface area contributed by atoms with Gasteiger partial charge in [0.1, 0.15) is 5.00 Å². The van der Waals surface area contributed by atoms with Crippen molar-refractivity contribution in [1.82, 2.24) is 0 Å². The number of ether oxygens (including phenoxy) is 3. The van der Waals surface area contributed by atoms with E-state index in [1.807, 2.05) is 20.8 Å². The van der Waals surface area contributed by atoms with Gasteiger partial charge in [-0.05, 0) is 63.6 Å². The summed E-state index contributed by atoms with van der Waals surface area (Å²) in [6.07, 6.45) is 2.70. The van der Waals surface area contributed by atoms with E-state index in [0.29, 0.717) is 59.1 Å². The number of amides is 2. The normalized spacial score (nSPS) is 15.2. The molecular weight excluding hydrogens is 416 g/mol. The minimum atomic E-state index is -0.515. The van der Waals surface area contributed by atoms with Crippen LogP contribution in [0.15, 0.2) is 12.1 Å². The van der Waals surface area contributed by atoms with Gasteiger partial charge in [-0.1, -0.05) is 6.92 Å². The second kappa shape index (κ2) is 10.0. The van der Waals surface area contributed by atoms with Gasteiger partial charge in [0.25, 0.3) is 11.8 Å². The fraction of sp³-hybridized carbons (Fsp3) is 0.478. The molecule has 3 N–H and O–H groups in total. The van der Waals surface area contributed by atoms with Crippen molar-refractivity contribution < 1.29 is 23.8 Å². The number of thiophene rings is 1. The van der Waals surface area contributed by atoms with Crippen LogP contribution in [0.2, 0.25) is 0 Å². The number of nitrogens with one attached hydrogen (secondary N) is 1. The molecule has 0 radical (unpaired) electrons. The number of fused-ring (bicyclic) bond motifs is 1. The average Bonchev–Trinajstić information content (AvgIpc) is 3.07. The van der Waals surface area contributed by atoms with Gasteiger partial charge >= 0.3 is 0 Å². The number of carbonyl (C=O) groups excluding carboxylic acids is 2. The van der Waals surface area contributed by atoms with Crippen LogP contribution in [-0.2, 0) is 12.8 Å². The van der Waals surface area contributed by atoms with Crippen LogP contribution in [0, 0.1) is 5.92 Å². The lowest BCUT2D eigenvalue weighted by molar-refractivity contribution is 0.1000. The molecule has 0 saturated heterocycles. The number of anilines is 1. The standard InChI is InChI=1S/C23H30N2O5S/c1-5-28-16-11-14(12-17(29-6-2)20(16)30-7-3)22(27)25-23-19(21(24)26)15-9-8-13(4)10-18(15)31-23/h11-13H,5-10H2,1-4H3,(H2,24,26)(H,25,27)/t13-/m0/s1. The summed E-state index contributed by atoms with van der Waals surface area (Å²) in [7, 11) is 0. The maximum Gasteiger partial charge on any atom is 0.256 e. The number of rotatable bonds is 9. The molecular formula is C23H30N2O5S. The molecule has 8 heteroatoms. The first kappa shape index (κ1) is 22.9. The zero-order valence-corrected chi connectivity index (χ0v) is 19.3. The first-order valence-corrected chi connectivity index (χ1v) is 11.5. The topological polar surface area (TPSA) is 99.9 Å². The molecule has 0 fully saturated rings. The lowest BCUT2D eigenvalue weighted by atomic mass is 9.88. The molecule has 1 atom stereocenters. The molecule has 0 bridgehead atoms. The largest absolute Gasteiger partial charge is 0.490 e. The molecule has 1 heterocycles. The number of carbonyl (C=O) groups is 2. The first-order chi connectivity index (χ1) is 14.9. The number of primary amides is 1. The van der Waals surface area contributed by atoms with Crippen molar-refractivity contribution in [3.05, 3.63) is 33.7 Å². The summed E-state index contributed by atoms with van der Waals surface area (Å²) >= 11 is 1.44. The molecule has 168 valence electrons. The summed E-state index contributed by atoms with van der Waals surface area (Å²) in [4.78, 5) is 26.4. The van der Waals surface area contributed by atoms with Crippen molar-refractivity contribution in [2.45, 2.75) is 47.0 Å². The number of benzene rings is 1. The molecule has 1 aromatic carbocycles. The Balaban J connectivity index is 1.97. The minimum absolute atomic E-state index is 0.352. The maximum atomic E-state index is 13.1. The zero-order valence-electron chi connectivity index (χ0n) is 18.5. The average molecular weight is 447 g/mol. The first-order valence-electron chi connectivity index (χ1n) is 10.7. The highest BCUT2D eigenvalue weighted by atomic mass is 32.1. The Kier molecular flexibility index (Phi) is 7.43. The van der Waals surface area contributed by atoms with Gasteiger partial charge in [-0.2, -0.15) is 0 Å². The van der Waals surface area contributed by atoms with Crippen LogP contribution >= 0.6 is 11.3 Å². The van der Waals surface area contributed by atoms with Crippen LogP contribution in [0.4, 0.5) is 5.00 Å². The fourth-order valence-corrected chi connectivity index (χ4v) is 5.21. The second-order valence-corrected chi connectivity index (χ2v) is 8.58. The maximum absolute atomic E-state index is 13.1. The van der Waals surface area contributed by atoms with Gasteiger partial charge in [-0.25, -0.2) is 0 Å². The molecule has 0 spiro atoms. The molecule has 7 nitrogen and oxygen atoms in total. The van der Waals surface area contributed by atoms with E-state index in [-0.39, 0.29) is 5.91 Å². The molecule has 1 aliphatic carbocycles. The molecule has 3 rings (SSSR count). The Labute approximate surface area is 186 Å². The van der Waals surface area contributed by atoms with E-state index in [4.69, 9.17) is 19.9 Å². The smallest absolute Gasteiger partial charge is 0.256 e. The molecule has 1 aromatic heterocycles.